The summed E-state index contributed by atoms with van der Waals surface area (Å²) in [6.45, 7) is -1.73. The highest BCUT2D eigenvalue weighted by molar-refractivity contribution is 6.00. The van der Waals surface area contributed by atoms with Crippen LogP contribution in [0.5, 0.6) is 5.75 Å². The van der Waals surface area contributed by atoms with Gasteiger partial charge in [-0.1, -0.05) is 0 Å². The summed E-state index contributed by atoms with van der Waals surface area (Å²) in [6, 6.07) is 1.34. The minimum absolute atomic E-state index is 0.437. The van der Waals surface area contributed by atoms with Gasteiger partial charge in [0.15, 0.2) is 0 Å². The topological polar surface area (TPSA) is 173 Å². The van der Waals surface area contributed by atoms with Crippen LogP contribution in [0, 0.1) is 0 Å². The van der Waals surface area contributed by atoms with Gasteiger partial charge in [-0.3, -0.25) is 9.59 Å². The van der Waals surface area contributed by atoms with Gasteiger partial charge in [-0.25, -0.2) is 9.59 Å². The monoisotopic (exact) mass is 313 g/mol. The Bertz CT molecular complexity index is 636. The largest absolute Gasteiger partial charge is 0.507 e. The van der Waals surface area contributed by atoms with E-state index in [0.29, 0.717) is 17.0 Å². The maximum absolute atomic E-state index is 11.2. The third kappa shape index (κ3) is 3.85. The zero-order chi connectivity index (χ0) is 17.0. The minimum Gasteiger partial charge on any atom is -0.507 e. The first-order valence-electron chi connectivity index (χ1n) is 5.65. The molecular weight excluding hydrogens is 302 g/mol. The molecule has 0 saturated carbocycles. The molecular formula is C12H11NO9. The van der Waals surface area contributed by atoms with Crippen LogP contribution in [0.25, 0.3) is 0 Å². The molecule has 0 aliphatic rings. The van der Waals surface area contributed by atoms with Crippen LogP contribution in [0.4, 0.5) is 5.69 Å². The third-order valence-corrected chi connectivity index (χ3v) is 2.57. The molecule has 0 fully saturated rings. The van der Waals surface area contributed by atoms with Crippen molar-refractivity contribution in [1.82, 2.24) is 0 Å². The molecule has 0 heterocycles. The van der Waals surface area contributed by atoms with Crippen molar-refractivity contribution in [2.75, 3.05) is 18.0 Å². The average Bonchev–Trinajstić information content (AvgIpc) is 2.35. The SMILES string of the molecule is O=C(O)CN(CC(=O)O)c1cc(C(=O)O)c(O)cc1C(=O)O. The van der Waals surface area contributed by atoms with Crippen molar-refractivity contribution < 1.29 is 44.7 Å². The van der Waals surface area contributed by atoms with Gasteiger partial charge in [0.25, 0.3) is 0 Å². The number of aromatic hydroxyl groups is 1. The zero-order valence-electron chi connectivity index (χ0n) is 10.9. The average molecular weight is 313 g/mol. The molecule has 1 aromatic rings. The van der Waals surface area contributed by atoms with Crippen LogP contribution >= 0.6 is 0 Å². The van der Waals surface area contributed by atoms with E-state index in [2.05, 4.69) is 0 Å². The molecule has 0 amide bonds. The van der Waals surface area contributed by atoms with Crippen molar-refractivity contribution in [3.8, 4) is 5.75 Å². The maximum Gasteiger partial charge on any atom is 0.339 e. The smallest absolute Gasteiger partial charge is 0.339 e. The Hall–Kier alpha value is -3.30. The number of hydrogen-bond donors (Lipinski definition) is 5. The second-order valence-electron chi connectivity index (χ2n) is 4.14. The van der Waals surface area contributed by atoms with Gasteiger partial charge < -0.3 is 30.4 Å². The molecule has 0 aliphatic carbocycles. The van der Waals surface area contributed by atoms with Crippen molar-refractivity contribution in [2.45, 2.75) is 0 Å². The molecule has 0 aromatic heterocycles. The number of rotatable bonds is 7. The minimum atomic E-state index is -1.58. The van der Waals surface area contributed by atoms with Gasteiger partial charge in [-0.05, 0) is 12.1 Å². The van der Waals surface area contributed by atoms with E-state index in [0.717, 1.165) is 0 Å². The fourth-order valence-corrected chi connectivity index (χ4v) is 1.73. The number of anilines is 1. The number of hydrogen-bond acceptors (Lipinski definition) is 6. The summed E-state index contributed by atoms with van der Waals surface area (Å²) in [5, 5.41) is 45.0. The lowest BCUT2D eigenvalue weighted by Crippen LogP contribution is -2.35. The third-order valence-electron chi connectivity index (χ3n) is 2.57. The number of benzene rings is 1. The number of carboxylic acid groups (broad SMARTS) is 4. The van der Waals surface area contributed by atoms with Crippen LogP contribution in [0.2, 0.25) is 0 Å². The quantitative estimate of drug-likeness (QED) is 0.452. The highest BCUT2D eigenvalue weighted by Gasteiger charge is 2.24. The highest BCUT2D eigenvalue weighted by Crippen LogP contribution is 2.29. The number of aliphatic carboxylic acids is 2. The van der Waals surface area contributed by atoms with Crippen molar-refractivity contribution in [3.05, 3.63) is 23.3 Å². The molecule has 118 valence electrons. The molecule has 1 rings (SSSR count). The summed E-state index contributed by atoms with van der Waals surface area (Å²) in [6.07, 6.45) is 0. The first-order valence-corrected chi connectivity index (χ1v) is 5.65. The molecule has 0 unspecified atom stereocenters. The number of phenols is 1. The Morgan fingerprint density at radius 3 is 1.64 bits per heavy atom. The lowest BCUT2D eigenvalue weighted by atomic mass is 10.1. The Balaban J connectivity index is 3.52. The fourth-order valence-electron chi connectivity index (χ4n) is 1.73. The Morgan fingerprint density at radius 1 is 0.818 bits per heavy atom. The van der Waals surface area contributed by atoms with E-state index >= 15 is 0 Å². The first kappa shape index (κ1) is 16.8. The van der Waals surface area contributed by atoms with E-state index in [1.54, 1.807) is 0 Å². The van der Waals surface area contributed by atoms with E-state index in [1.165, 1.54) is 0 Å². The predicted molar refractivity (Wildman–Crippen MR) is 69.5 cm³/mol. The van der Waals surface area contributed by atoms with Crippen LogP contribution in [-0.2, 0) is 9.59 Å². The van der Waals surface area contributed by atoms with Crippen LogP contribution in [0.1, 0.15) is 20.7 Å². The molecule has 0 bridgehead atoms. The number of carbonyl (C=O) groups is 4. The van der Waals surface area contributed by atoms with Crippen LogP contribution in [-0.4, -0.2) is 62.5 Å². The lowest BCUT2D eigenvalue weighted by Gasteiger charge is -2.23. The normalized spacial score (nSPS) is 10.0. The molecule has 10 nitrogen and oxygen atoms in total. The molecule has 0 radical (unpaired) electrons. The molecule has 0 atom stereocenters. The molecule has 1 aromatic carbocycles. The Kier molecular flexibility index (Phi) is 4.90. The van der Waals surface area contributed by atoms with E-state index in [4.69, 9.17) is 20.4 Å². The number of nitrogens with zero attached hydrogens (tertiary/aromatic N) is 1. The number of carboxylic acids is 4. The summed E-state index contributed by atoms with van der Waals surface area (Å²) in [5.41, 5.74) is -1.74. The van der Waals surface area contributed by atoms with Gasteiger partial charge in [0, 0.05) is 0 Å². The van der Waals surface area contributed by atoms with Gasteiger partial charge >= 0.3 is 23.9 Å². The Morgan fingerprint density at radius 2 is 1.27 bits per heavy atom. The van der Waals surface area contributed by atoms with Gasteiger partial charge in [0.05, 0.1) is 11.3 Å². The van der Waals surface area contributed by atoms with Crippen LogP contribution in [0.15, 0.2) is 12.1 Å². The molecule has 5 N–H and O–H groups in total. The zero-order valence-corrected chi connectivity index (χ0v) is 10.9. The number of aromatic carboxylic acids is 2. The molecule has 0 spiro atoms. The summed E-state index contributed by atoms with van der Waals surface area (Å²) in [5.74, 6) is -6.88. The maximum atomic E-state index is 11.2. The fraction of sp³-hybridized carbons (Fsp3) is 0.167. The van der Waals surface area contributed by atoms with Crippen molar-refractivity contribution in [3.63, 3.8) is 0 Å². The molecule has 22 heavy (non-hydrogen) atoms. The van der Waals surface area contributed by atoms with Crippen LogP contribution < -0.4 is 4.90 Å². The van der Waals surface area contributed by atoms with Crippen molar-refractivity contribution in [1.29, 1.82) is 0 Å². The Labute approximate surface area is 122 Å². The summed E-state index contributed by atoms with van der Waals surface area (Å²) < 4.78 is 0. The van der Waals surface area contributed by atoms with E-state index in [-0.39, 0.29) is 0 Å². The standard InChI is InChI=1S/C12H11NO9/c14-8-2-5(11(19)20)7(1-6(8)12(21)22)13(3-9(15)16)4-10(17)18/h1-2,14H,3-4H2,(H,15,16)(H,17,18)(H,19,20)(H,21,22). The highest BCUT2D eigenvalue weighted by atomic mass is 16.4. The van der Waals surface area contributed by atoms with E-state index < -0.39 is 59.5 Å². The summed E-state index contributed by atoms with van der Waals surface area (Å²) in [7, 11) is 0. The molecule has 0 aliphatic heterocycles. The van der Waals surface area contributed by atoms with Gasteiger partial charge in [0.1, 0.15) is 24.4 Å². The van der Waals surface area contributed by atoms with E-state index in [9.17, 15) is 24.3 Å². The van der Waals surface area contributed by atoms with Gasteiger partial charge in [0.2, 0.25) is 0 Å². The lowest BCUT2D eigenvalue weighted by molar-refractivity contribution is -0.136. The van der Waals surface area contributed by atoms with Crippen LogP contribution in [0.3, 0.4) is 0 Å². The first-order chi connectivity index (χ1) is 10.1. The molecule has 10 heteroatoms. The van der Waals surface area contributed by atoms with Crippen molar-refractivity contribution >= 4 is 29.6 Å². The summed E-state index contributed by atoms with van der Waals surface area (Å²) in [4.78, 5) is 44.3. The van der Waals surface area contributed by atoms with Gasteiger partial charge in [-0.15, -0.1) is 0 Å². The second-order valence-corrected chi connectivity index (χ2v) is 4.14. The van der Waals surface area contributed by atoms with E-state index in [1.807, 2.05) is 0 Å². The second kappa shape index (κ2) is 6.43. The predicted octanol–water partition coefficient (Wildman–Crippen LogP) is -0.236. The van der Waals surface area contributed by atoms with Gasteiger partial charge in [-0.2, -0.15) is 0 Å². The van der Waals surface area contributed by atoms with Crippen molar-refractivity contribution in [2.24, 2.45) is 0 Å². The molecule has 0 saturated heterocycles. The summed E-state index contributed by atoms with van der Waals surface area (Å²) >= 11 is 0.